The Morgan fingerprint density at radius 2 is 1.41 bits per heavy atom. The van der Waals surface area contributed by atoms with Crippen LogP contribution in [0.25, 0.3) is 0 Å². The van der Waals surface area contributed by atoms with Gasteiger partial charge in [-0.25, -0.2) is 4.79 Å². The summed E-state index contributed by atoms with van der Waals surface area (Å²) in [6.07, 6.45) is -0.000461. The minimum absolute atomic E-state index is 0.0881. The third-order valence-corrected chi connectivity index (χ3v) is 5.73. The molecular weight excluding hydrogens is 440 g/mol. The molecule has 9 nitrogen and oxygen atoms in total. The maximum Gasteiger partial charge on any atom is 0.328 e. The van der Waals surface area contributed by atoms with Crippen molar-refractivity contribution in [1.82, 2.24) is 10.2 Å². The average molecular weight is 469 g/mol. The first-order chi connectivity index (χ1) is 16.4. The number of imide groups is 1. The van der Waals surface area contributed by atoms with E-state index in [1.807, 2.05) is 6.07 Å². The van der Waals surface area contributed by atoms with Crippen LogP contribution < -0.4 is 5.32 Å². The van der Waals surface area contributed by atoms with Gasteiger partial charge in [0, 0.05) is 27.1 Å². The first kappa shape index (κ1) is 25.1. The molecule has 9 heteroatoms. The highest BCUT2D eigenvalue weighted by atomic mass is 16.7. The molecule has 3 rings (SSSR count). The first-order valence-electron chi connectivity index (χ1n) is 10.9. The lowest BCUT2D eigenvalue weighted by atomic mass is 10.0. The lowest BCUT2D eigenvalue weighted by Crippen LogP contribution is -2.54. The van der Waals surface area contributed by atoms with E-state index in [9.17, 15) is 19.2 Å². The highest BCUT2D eigenvalue weighted by molar-refractivity contribution is 6.22. The molecule has 0 fully saturated rings. The van der Waals surface area contributed by atoms with E-state index in [2.05, 4.69) is 5.32 Å². The zero-order valence-electron chi connectivity index (χ0n) is 19.4. The van der Waals surface area contributed by atoms with Gasteiger partial charge in [-0.15, -0.1) is 0 Å². The monoisotopic (exact) mass is 468 g/mol. The molecule has 34 heavy (non-hydrogen) atoms. The van der Waals surface area contributed by atoms with E-state index < -0.39 is 42.1 Å². The van der Waals surface area contributed by atoms with Crippen molar-refractivity contribution in [3.63, 3.8) is 0 Å². The summed E-state index contributed by atoms with van der Waals surface area (Å²) in [4.78, 5) is 53.0. The van der Waals surface area contributed by atoms with Crippen molar-refractivity contribution in [2.24, 2.45) is 0 Å². The predicted octanol–water partition coefficient (Wildman–Crippen LogP) is 1.95. The number of carbonyl (C=O) groups excluding carboxylic acids is 4. The summed E-state index contributed by atoms with van der Waals surface area (Å²) in [6, 6.07) is 13.3. The number of rotatable bonds is 11. The van der Waals surface area contributed by atoms with Gasteiger partial charge in [0.1, 0.15) is 12.1 Å². The molecule has 0 radical (unpaired) electrons. The molecule has 0 unspecified atom stereocenters. The van der Waals surface area contributed by atoms with Crippen LogP contribution in [0, 0.1) is 0 Å². The quantitative estimate of drug-likeness (QED) is 0.305. The highest BCUT2D eigenvalue weighted by Crippen LogP contribution is 2.26. The second-order valence-corrected chi connectivity index (χ2v) is 7.79. The van der Waals surface area contributed by atoms with Gasteiger partial charge in [0.15, 0.2) is 6.29 Å². The smallest absolute Gasteiger partial charge is 0.328 e. The Morgan fingerprint density at radius 3 is 1.94 bits per heavy atom. The zero-order chi connectivity index (χ0) is 24.7. The summed E-state index contributed by atoms with van der Waals surface area (Å²) in [5, 5.41) is 2.67. The van der Waals surface area contributed by atoms with Gasteiger partial charge >= 0.3 is 5.97 Å². The van der Waals surface area contributed by atoms with E-state index in [1.165, 1.54) is 21.3 Å². The average Bonchev–Trinajstić information content (AvgIpc) is 3.12. The van der Waals surface area contributed by atoms with Crippen molar-refractivity contribution in [1.29, 1.82) is 0 Å². The minimum Gasteiger partial charge on any atom is -0.467 e. The van der Waals surface area contributed by atoms with E-state index in [4.69, 9.17) is 14.2 Å². The molecule has 0 saturated heterocycles. The molecule has 0 aromatic heterocycles. The summed E-state index contributed by atoms with van der Waals surface area (Å²) < 4.78 is 15.2. The van der Waals surface area contributed by atoms with Gasteiger partial charge in [0.2, 0.25) is 5.91 Å². The van der Waals surface area contributed by atoms with E-state index in [-0.39, 0.29) is 24.0 Å². The van der Waals surface area contributed by atoms with Crippen LogP contribution >= 0.6 is 0 Å². The van der Waals surface area contributed by atoms with Crippen molar-refractivity contribution in [3.8, 4) is 0 Å². The number of esters is 1. The van der Waals surface area contributed by atoms with Gasteiger partial charge in [-0.2, -0.15) is 0 Å². The Hall–Kier alpha value is -3.56. The van der Waals surface area contributed by atoms with E-state index in [0.717, 1.165) is 10.5 Å². The second-order valence-electron chi connectivity index (χ2n) is 7.79. The van der Waals surface area contributed by atoms with Crippen molar-refractivity contribution in [2.45, 2.75) is 37.6 Å². The number of hydrogen-bond donors (Lipinski definition) is 1. The molecule has 1 aliphatic rings. The number of methoxy groups -OCH3 is 3. The molecule has 0 saturated carbocycles. The molecule has 1 heterocycles. The Kier molecular flexibility index (Phi) is 8.50. The van der Waals surface area contributed by atoms with Crippen LogP contribution in [-0.4, -0.2) is 68.3 Å². The number of carbonyl (C=O) groups is 4. The van der Waals surface area contributed by atoms with Gasteiger partial charge in [-0.05, 0) is 24.1 Å². The van der Waals surface area contributed by atoms with E-state index >= 15 is 0 Å². The number of nitrogens with zero attached hydrogens (tertiary/aromatic N) is 1. The molecule has 3 amide bonds. The highest BCUT2D eigenvalue weighted by Gasteiger charge is 2.43. The zero-order valence-corrected chi connectivity index (χ0v) is 19.4. The van der Waals surface area contributed by atoms with Gasteiger partial charge in [-0.1, -0.05) is 42.5 Å². The molecular formula is C25H28N2O7. The lowest BCUT2D eigenvalue weighted by molar-refractivity contribution is -0.147. The molecule has 1 N–H and O–H groups in total. The van der Waals surface area contributed by atoms with Crippen LogP contribution in [0.4, 0.5) is 0 Å². The second kappa shape index (κ2) is 11.5. The van der Waals surface area contributed by atoms with Crippen LogP contribution in [0.15, 0.2) is 54.6 Å². The number of fused-ring (bicyclic) bond motifs is 1. The molecule has 0 bridgehead atoms. The van der Waals surface area contributed by atoms with Crippen LogP contribution in [0.3, 0.4) is 0 Å². The summed E-state index contributed by atoms with van der Waals surface area (Å²) in [5.74, 6) is -2.39. The predicted molar refractivity (Wildman–Crippen MR) is 122 cm³/mol. The molecule has 0 spiro atoms. The normalized spacial score (nSPS) is 14.6. The molecule has 0 aliphatic carbocycles. The first-order valence-corrected chi connectivity index (χ1v) is 10.9. The largest absolute Gasteiger partial charge is 0.467 e. The fourth-order valence-corrected chi connectivity index (χ4v) is 3.92. The Balaban J connectivity index is 1.88. The van der Waals surface area contributed by atoms with Crippen LogP contribution in [-0.2, 0) is 30.2 Å². The summed E-state index contributed by atoms with van der Waals surface area (Å²) >= 11 is 0. The number of nitrogens with one attached hydrogen (secondary N) is 1. The van der Waals surface area contributed by atoms with Crippen molar-refractivity contribution < 1.29 is 33.4 Å². The number of hydrogen-bond acceptors (Lipinski definition) is 7. The summed E-state index contributed by atoms with van der Waals surface area (Å²) in [6.45, 7) is 0. The maximum atomic E-state index is 13.5. The summed E-state index contributed by atoms with van der Waals surface area (Å²) in [7, 11) is 4.16. The van der Waals surface area contributed by atoms with Crippen molar-refractivity contribution >= 4 is 23.7 Å². The Labute approximate surface area is 198 Å². The summed E-state index contributed by atoms with van der Waals surface area (Å²) in [5.41, 5.74) is 1.24. The third kappa shape index (κ3) is 5.49. The minimum atomic E-state index is -1.16. The topological polar surface area (TPSA) is 111 Å². The number of ether oxygens (including phenoxy) is 3. The standard InChI is InChI=1S/C25H28N2O7/c1-32-21(33-2)14-13-19(25(31)34-3)26-22(28)20(15-16-9-5-4-6-10-16)27-23(29)17-11-7-8-12-18(17)24(27)30/h4-12,19-21H,13-15H2,1-3H3,(H,26,28)/t19-,20-/m0/s1. The van der Waals surface area contributed by atoms with Gasteiger partial charge in [-0.3, -0.25) is 19.3 Å². The fraction of sp³-hybridized carbons (Fsp3) is 0.360. The maximum absolute atomic E-state index is 13.5. The molecule has 2 aromatic rings. The molecule has 180 valence electrons. The van der Waals surface area contributed by atoms with Crippen molar-refractivity contribution in [2.75, 3.05) is 21.3 Å². The molecule has 2 atom stereocenters. The molecule has 1 aliphatic heterocycles. The number of benzene rings is 2. The van der Waals surface area contributed by atoms with Gasteiger partial charge < -0.3 is 19.5 Å². The van der Waals surface area contributed by atoms with Gasteiger partial charge in [0.05, 0.1) is 18.2 Å². The van der Waals surface area contributed by atoms with Crippen LogP contribution in [0.5, 0.6) is 0 Å². The third-order valence-electron chi connectivity index (χ3n) is 5.73. The SMILES string of the molecule is COC(=O)[C@H](CCC(OC)OC)NC(=O)[C@H](Cc1ccccc1)N1C(=O)c2ccccc2C1=O. The van der Waals surface area contributed by atoms with Crippen molar-refractivity contribution in [3.05, 3.63) is 71.3 Å². The Morgan fingerprint density at radius 1 is 0.853 bits per heavy atom. The van der Waals surface area contributed by atoms with Gasteiger partial charge in [0.25, 0.3) is 11.8 Å². The van der Waals surface area contributed by atoms with Crippen LogP contribution in [0.2, 0.25) is 0 Å². The lowest BCUT2D eigenvalue weighted by Gasteiger charge is -2.27. The van der Waals surface area contributed by atoms with Crippen LogP contribution in [0.1, 0.15) is 39.1 Å². The molecule has 2 aromatic carbocycles. The van der Waals surface area contributed by atoms with E-state index in [1.54, 1.807) is 48.5 Å². The Bertz CT molecular complexity index is 1000. The van der Waals surface area contributed by atoms with E-state index in [0.29, 0.717) is 6.42 Å². The number of amides is 3. The fourth-order valence-electron chi connectivity index (χ4n) is 3.92.